The van der Waals surface area contributed by atoms with Crippen LogP contribution in [0.3, 0.4) is 0 Å². The van der Waals surface area contributed by atoms with Crippen LogP contribution >= 0.6 is 0 Å². The molecule has 0 spiro atoms. The standard InChI is InChI=1S/C16H20N4O/c1-12-8-10-18-16(14(12)15(17)19-21)20(2)11-9-13-6-4-3-5-7-13/h3-8,10,21H,9,11H2,1-2H3,(H2,17,19). The van der Waals surface area contributed by atoms with Gasteiger partial charge < -0.3 is 15.8 Å². The van der Waals surface area contributed by atoms with Crippen molar-refractivity contribution in [2.75, 3.05) is 18.5 Å². The second kappa shape index (κ2) is 6.74. The molecule has 0 unspecified atom stereocenters. The van der Waals surface area contributed by atoms with Gasteiger partial charge in [-0.2, -0.15) is 0 Å². The highest BCUT2D eigenvalue weighted by Crippen LogP contribution is 2.20. The molecule has 1 aromatic heterocycles. The molecule has 5 nitrogen and oxygen atoms in total. The molecule has 21 heavy (non-hydrogen) atoms. The quantitative estimate of drug-likeness (QED) is 0.382. The Morgan fingerprint density at radius 2 is 2.00 bits per heavy atom. The molecule has 5 heteroatoms. The zero-order chi connectivity index (χ0) is 15.2. The molecule has 0 aliphatic heterocycles. The van der Waals surface area contributed by atoms with Crippen LogP contribution in [0.1, 0.15) is 16.7 Å². The molecule has 0 saturated carbocycles. The molecule has 1 heterocycles. The van der Waals surface area contributed by atoms with E-state index in [9.17, 15) is 0 Å². The van der Waals surface area contributed by atoms with Gasteiger partial charge in [-0.25, -0.2) is 4.98 Å². The predicted octanol–water partition coefficient (Wildman–Crippen LogP) is 2.16. The maximum Gasteiger partial charge on any atom is 0.174 e. The lowest BCUT2D eigenvalue weighted by Crippen LogP contribution is -2.26. The molecule has 2 aromatic rings. The van der Waals surface area contributed by atoms with E-state index in [2.05, 4.69) is 22.3 Å². The first kappa shape index (κ1) is 14.8. The van der Waals surface area contributed by atoms with Crippen LogP contribution in [0.4, 0.5) is 5.82 Å². The molecule has 2 rings (SSSR count). The molecule has 0 radical (unpaired) electrons. The molecule has 0 atom stereocenters. The second-order valence-corrected chi connectivity index (χ2v) is 4.97. The van der Waals surface area contributed by atoms with Gasteiger partial charge in [-0.05, 0) is 30.5 Å². The lowest BCUT2D eigenvalue weighted by Gasteiger charge is -2.21. The maximum atomic E-state index is 8.94. The second-order valence-electron chi connectivity index (χ2n) is 4.97. The van der Waals surface area contributed by atoms with E-state index in [4.69, 9.17) is 10.9 Å². The number of aromatic nitrogens is 1. The highest BCUT2D eigenvalue weighted by Gasteiger charge is 2.15. The van der Waals surface area contributed by atoms with E-state index in [-0.39, 0.29) is 5.84 Å². The van der Waals surface area contributed by atoms with E-state index in [1.807, 2.05) is 43.1 Å². The molecule has 0 aliphatic rings. The van der Waals surface area contributed by atoms with Crippen LogP contribution in [0.2, 0.25) is 0 Å². The van der Waals surface area contributed by atoms with Gasteiger partial charge in [0.25, 0.3) is 0 Å². The minimum atomic E-state index is 0.0853. The highest BCUT2D eigenvalue weighted by atomic mass is 16.4. The van der Waals surface area contributed by atoms with Crippen LogP contribution in [0.15, 0.2) is 47.8 Å². The number of amidine groups is 1. The first-order valence-corrected chi connectivity index (χ1v) is 6.82. The van der Waals surface area contributed by atoms with Crippen LogP contribution < -0.4 is 10.6 Å². The van der Waals surface area contributed by atoms with Crippen molar-refractivity contribution in [3.05, 3.63) is 59.3 Å². The number of aryl methyl sites for hydroxylation is 1. The van der Waals surface area contributed by atoms with Crippen molar-refractivity contribution in [2.45, 2.75) is 13.3 Å². The van der Waals surface area contributed by atoms with Gasteiger partial charge in [0.1, 0.15) is 5.82 Å². The molecule has 3 N–H and O–H groups in total. The number of benzene rings is 1. The lowest BCUT2D eigenvalue weighted by atomic mass is 10.1. The average Bonchev–Trinajstić information content (AvgIpc) is 2.52. The van der Waals surface area contributed by atoms with Crippen molar-refractivity contribution in [3.8, 4) is 0 Å². The van der Waals surface area contributed by atoms with Crippen LogP contribution in [0.25, 0.3) is 0 Å². The Bertz CT molecular complexity index is 625. The van der Waals surface area contributed by atoms with E-state index < -0.39 is 0 Å². The minimum absolute atomic E-state index is 0.0853. The minimum Gasteiger partial charge on any atom is -0.409 e. The molecule has 110 valence electrons. The number of anilines is 1. The molecular formula is C16H20N4O. The van der Waals surface area contributed by atoms with Crippen molar-refractivity contribution in [3.63, 3.8) is 0 Å². The molecular weight excluding hydrogens is 264 g/mol. The number of hydrogen-bond acceptors (Lipinski definition) is 4. The van der Waals surface area contributed by atoms with E-state index in [0.29, 0.717) is 5.56 Å². The van der Waals surface area contributed by atoms with Crippen molar-refractivity contribution in [1.82, 2.24) is 4.98 Å². The van der Waals surface area contributed by atoms with E-state index in [1.165, 1.54) is 5.56 Å². The van der Waals surface area contributed by atoms with Crippen molar-refractivity contribution >= 4 is 11.7 Å². The van der Waals surface area contributed by atoms with Gasteiger partial charge in [0.05, 0.1) is 5.56 Å². The molecule has 0 amide bonds. The summed E-state index contributed by atoms with van der Waals surface area (Å²) in [7, 11) is 1.96. The Morgan fingerprint density at radius 1 is 1.29 bits per heavy atom. The Kier molecular flexibility index (Phi) is 4.77. The van der Waals surface area contributed by atoms with Crippen LogP contribution in [-0.4, -0.2) is 29.6 Å². The molecule has 0 bridgehead atoms. The summed E-state index contributed by atoms with van der Waals surface area (Å²) in [5, 5.41) is 12.1. The molecule has 1 aromatic carbocycles. The van der Waals surface area contributed by atoms with Crippen LogP contribution in [0, 0.1) is 6.92 Å². The van der Waals surface area contributed by atoms with E-state index in [1.54, 1.807) is 6.20 Å². The summed E-state index contributed by atoms with van der Waals surface area (Å²) < 4.78 is 0. The fourth-order valence-electron chi connectivity index (χ4n) is 2.25. The number of oxime groups is 1. The smallest absolute Gasteiger partial charge is 0.174 e. The number of pyridine rings is 1. The normalized spacial score (nSPS) is 11.4. The van der Waals surface area contributed by atoms with Crippen LogP contribution in [-0.2, 0) is 6.42 Å². The summed E-state index contributed by atoms with van der Waals surface area (Å²) in [5.74, 6) is 0.809. The summed E-state index contributed by atoms with van der Waals surface area (Å²) in [6.45, 7) is 2.72. The molecule has 0 aliphatic carbocycles. The van der Waals surface area contributed by atoms with Gasteiger partial charge in [-0.3, -0.25) is 0 Å². The van der Waals surface area contributed by atoms with Gasteiger partial charge in [0.2, 0.25) is 0 Å². The van der Waals surface area contributed by atoms with E-state index in [0.717, 1.165) is 24.3 Å². The lowest BCUT2D eigenvalue weighted by molar-refractivity contribution is 0.318. The summed E-state index contributed by atoms with van der Waals surface area (Å²) >= 11 is 0. The average molecular weight is 284 g/mol. The fourth-order valence-corrected chi connectivity index (χ4v) is 2.25. The number of nitrogens with two attached hydrogens (primary N) is 1. The number of likely N-dealkylation sites (N-methyl/N-ethyl adjacent to an activating group) is 1. The summed E-state index contributed by atoms with van der Waals surface area (Å²) in [6, 6.07) is 12.1. The molecule has 0 saturated heterocycles. The third-order valence-corrected chi connectivity index (χ3v) is 3.44. The topological polar surface area (TPSA) is 74.7 Å². The van der Waals surface area contributed by atoms with Crippen molar-refractivity contribution in [1.29, 1.82) is 0 Å². The summed E-state index contributed by atoms with van der Waals surface area (Å²) in [6.07, 6.45) is 2.64. The zero-order valence-corrected chi connectivity index (χ0v) is 12.3. The Morgan fingerprint density at radius 3 is 2.67 bits per heavy atom. The summed E-state index contributed by atoms with van der Waals surface area (Å²) in [4.78, 5) is 6.40. The third-order valence-electron chi connectivity index (χ3n) is 3.44. The van der Waals surface area contributed by atoms with Crippen molar-refractivity contribution in [2.24, 2.45) is 10.9 Å². The highest BCUT2D eigenvalue weighted by molar-refractivity contribution is 6.02. The van der Waals surface area contributed by atoms with Gasteiger partial charge in [0.15, 0.2) is 5.84 Å². The SMILES string of the molecule is Cc1ccnc(N(C)CCc2ccccc2)c1/C(N)=N/O. The first-order valence-electron chi connectivity index (χ1n) is 6.82. The van der Waals surface area contributed by atoms with Gasteiger partial charge in [-0.1, -0.05) is 35.5 Å². The first-order chi connectivity index (χ1) is 10.1. The largest absolute Gasteiger partial charge is 0.409 e. The maximum absolute atomic E-state index is 8.94. The monoisotopic (exact) mass is 284 g/mol. The van der Waals surface area contributed by atoms with Gasteiger partial charge in [0, 0.05) is 19.8 Å². The molecule has 0 fully saturated rings. The van der Waals surface area contributed by atoms with E-state index >= 15 is 0 Å². The number of nitrogens with zero attached hydrogens (tertiary/aromatic N) is 3. The third kappa shape index (κ3) is 3.51. The fraction of sp³-hybridized carbons (Fsp3) is 0.250. The van der Waals surface area contributed by atoms with Gasteiger partial charge in [-0.15, -0.1) is 0 Å². The predicted molar refractivity (Wildman–Crippen MR) is 84.9 cm³/mol. The Hall–Kier alpha value is -2.56. The number of hydrogen-bond donors (Lipinski definition) is 2. The number of rotatable bonds is 5. The zero-order valence-electron chi connectivity index (χ0n) is 12.3. The van der Waals surface area contributed by atoms with Crippen molar-refractivity contribution < 1.29 is 5.21 Å². The Labute approximate surface area is 124 Å². The Balaban J connectivity index is 2.19. The van der Waals surface area contributed by atoms with Crippen LogP contribution in [0.5, 0.6) is 0 Å². The summed E-state index contributed by atoms with van der Waals surface area (Å²) in [5.41, 5.74) is 8.65. The van der Waals surface area contributed by atoms with Gasteiger partial charge >= 0.3 is 0 Å².